The van der Waals surface area contributed by atoms with E-state index >= 15 is 0 Å². The van der Waals surface area contributed by atoms with Crippen molar-refractivity contribution in [2.24, 2.45) is 39.6 Å². The summed E-state index contributed by atoms with van der Waals surface area (Å²) in [4.78, 5) is 75.8. The molecule has 16 heteroatoms. The van der Waals surface area contributed by atoms with E-state index in [-0.39, 0.29) is 31.3 Å². The Labute approximate surface area is 208 Å². The van der Waals surface area contributed by atoms with Crippen LogP contribution in [0.3, 0.4) is 0 Å². The highest BCUT2D eigenvalue weighted by Gasteiger charge is 2.31. The number of nitrogens with one attached hydrogen (secondary N) is 3. The van der Waals surface area contributed by atoms with Crippen LogP contribution in [0, 0.1) is 5.92 Å². The highest BCUT2D eigenvalue weighted by atomic mass is 16.4. The van der Waals surface area contributed by atoms with Crippen molar-refractivity contribution in [1.29, 1.82) is 0 Å². The zero-order valence-corrected chi connectivity index (χ0v) is 20.4. The van der Waals surface area contributed by atoms with Crippen LogP contribution in [-0.2, 0) is 28.8 Å². The quantitative estimate of drug-likeness (QED) is 0.0509. The lowest BCUT2D eigenvalue weighted by Crippen LogP contribution is -2.58. The Kier molecular flexibility index (Phi) is 14.1. The highest BCUT2D eigenvalue weighted by molar-refractivity contribution is 5.96. The summed E-state index contributed by atoms with van der Waals surface area (Å²) in [6, 6.07) is -5.42. The number of hydrogen-bond acceptors (Lipinski definition) is 8. The molecule has 4 atom stereocenters. The number of carbonyl (C=O) groups is 6. The number of carbonyl (C=O) groups excluding carboxylic acids is 5. The first-order chi connectivity index (χ1) is 16.6. The lowest BCUT2D eigenvalue weighted by molar-refractivity contribution is -0.144. The number of primary amides is 2. The fraction of sp³-hybridized carbons (Fsp3) is 0.650. The van der Waals surface area contributed by atoms with Crippen molar-refractivity contribution in [3.8, 4) is 0 Å². The van der Waals surface area contributed by atoms with Crippen LogP contribution in [0.4, 0.5) is 0 Å². The van der Waals surface area contributed by atoms with Gasteiger partial charge < -0.3 is 49.7 Å². The van der Waals surface area contributed by atoms with Crippen LogP contribution < -0.4 is 44.6 Å². The molecule has 16 nitrogen and oxygen atoms in total. The number of amides is 5. The van der Waals surface area contributed by atoms with Crippen molar-refractivity contribution in [2.45, 2.75) is 70.1 Å². The summed E-state index contributed by atoms with van der Waals surface area (Å²) in [6.45, 7) is 3.86. The van der Waals surface area contributed by atoms with Crippen molar-refractivity contribution >= 4 is 41.5 Å². The smallest absolute Gasteiger partial charge is 0.326 e. The molecule has 5 amide bonds. The third-order valence-electron chi connectivity index (χ3n) is 4.70. The van der Waals surface area contributed by atoms with Gasteiger partial charge in [-0.1, -0.05) is 13.8 Å². The summed E-state index contributed by atoms with van der Waals surface area (Å²) < 4.78 is 0. The largest absolute Gasteiger partial charge is 0.480 e. The van der Waals surface area contributed by atoms with Crippen LogP contribution >= 0.6 is 0 Å². The molecule has 0 saturated heterocycles. The zero-order chi connectivity index (χ0) is 28.0. The fourth-order valence-corrected chi connectivity index (χ4v) is 3.02. The van der Waals surface area contributed by atoms with Gasteiger partial charge >= 0.3 is 5.97 Å². The molecule has 0 aromatic heterocycles. The SMILES string of the molecule is CC(C)CC(N)C(=O)NC(CCCN=C(N)N)C(=O)NC(CC(N)=O)C(=O)NC(CC(N)=O)C(=O)O. The molecule has 0 heterocycles. The van der Waals surface area contributed by atoms with Crippen LogP contribution in [-0.4, -0.2) is 77.3 Å². The standard InChI is InChI=1S/C20H37N9O7/c1-9(2)6-10(21)16(32)27-11(4-3-5-26-20(24)25)17(33)28-12(7-14(22)30)18(34)29-13(19(35)36)8-15(23)31/h9-13H,3-8,21H2,1-2H3,(H2,22,30)(H2,23,31)(H,27,32)(H,28,33)(H,29,34)(H,35,36)(H4,24,25,26). The number of guanidine groups is 1. The van der Waals surface area contributed by atoms with E-state index < -0.39 is 72.5 Å². The van der Waals surface area contributed by atoms with E-state index in [1.54, 1.807) is 0 Å². The monoisotopic (exact) mass is 515 g/mol. The normalized spacial score (nSPS) is 14.0. The molecule has 4 unspecified atom stereocenters. The van der Waals surface area contributed by atoms with Gasteiger partial charge in [-0.15, -0.1) is 0 Å². The Morgan fingerprint density at radius 2 is 1.25 bits per heavy atom. The number of nitrogens with two attached hydrogens (primary N) is 5. The maximum atomic E-state index is 13.0. The van der Waals surface area contributed by atoms with Crippen molar-refractivity contribution < 1.29 is 33.9 Å². The summed E-state index contributed by atoms with van der Waals surface area (Å²) in [7, 11) is 0. The molecule has 14 N–H and O–H groups in total. The second-order valence-corrected chi connectivity index (χ2v) is 8.55. The minimum Gasteiger partial charge on any atom is -0.480 e. The Morgan fingerprint density at radius 3 is 1.72 bits per heavy atom. The molecule has 204 valence electrons. The Morgan fingerprint density at radius 1 is 0.778 bits per heavy atom. The predicted molar refractivity (Wildman–Crippen MR) is 128 cm³/mol. The van der Waals surface area contributed by atoms with Gasteiger partial charge in [0.15, 0.2) is 5.96 Å². The van der Waals surface area contributed by atoms with Crippen LogP contribution in [0.5, 0.6) is 0 Å². The van der Waals surface area contributed by atoms with Crippen molar-refractivity contribution in [1.82, 2.24) is 16.0 Å². The summed E-state index contributed by atoms with van der Waals surface area (Å²) in [5.41, 5.74) is 26.6. The van der Waals surface area contributed by atoms with Gasteiger partial charge in [0.25, 0.3) is 0 Å². The first-order valence-corrected chi connectivity index (χ1v) is 11.1. The Bertz CT molecular complexity index is 843. The van der Waals surface area contributed by atoms with E-state index in [0.717, 1.165) is 0 Å². The van der Waals surface area contributed by atoms with Gasteiger partial charge in [0.1, 0.15) is 18.1 Å². The summed E-state index contributed by atoms with van der Waals surface area (Å²) in [5, 5.41) is 16.0. The van der Waals surface area contributed by atoms with Crippen molar-refractivity contribution in [2.75, 3.05) is 6.54 Å². The zero-order valence-electron chi connectivity index (χ0n) is 20.4. The van der Waals surface area contributed by atoms with Crippen molar-refractivity contribution in [3.05, 3.63) is 0 Å². The number of aliphatic carboxylic acids is 1. The third kappa shape index (κ3) is 13.7. The first-order valence-electron chi connectivity index (χ1n) is 11.1. The van der Waals surface area contributed by atoms with E-state index in [2.05, 4.69) is 15.6 Å². The van der Waals surface area contributed by atoms with Crippen LogP contribution in [0.15, 0.2) is 4.99 Å². The van der Waals surface area contributed by atoms with Gasteiger partial charge in [0, 0.05) is 6.54 Å². The maximum Gasteiger partial charge on any atom is 0.326 e. The molecular weight excluding hydrogens is 478 g/mol. The number of aliphatic imine (C=N–C) groups is 1. The molecule has 0 fully saturated rings. The molecule has 0 aromatic rings. The topological polar surface area (TPSA) is 301 Å². The molecule has 0 aliphatic rings. The third-order valence-corrected chi connectivity index (χ3v) is 4.70. The Balaban J connectivity index is 5.65. The van der Waals surface area contributed by atoms with Gasteiger partial charge in [-0.2, -0.15) is 0 Å². The van der Waals surface area contributed by atoms with E-state index in [0.29, 0.717) is 6.42 Å². The fourth-order valence-electron chi connectivity index (χ4n) is 3.02. The van der Waals surface area contributed by atoms with E-state index in [4.69, 9.17) is 28.7 Å². The average Bonchev–Trinajstić information content (AvgIpc) is 2.73. The maximum absolute atomic E-state index is 13.0. The van der Waals surface area contributed by atoms with Crippen LogP contribution in [0.25, 0.3) is 0 Å². The molecular formula is C20H37N9O7. The van der Waals surface area contributed by atoms with Crippen LogP contribution in [0.1, 0.15) is 46.0 Å². The average molecular weight is 516 g/mol. The molecule has 0 aliphatic carbocycles. The van der Waals surface area contributed by atoms with Crippen LogP contribution in [0.2, 0.25) is 0 Å². The molecule has 0 aromatic carbocycles. The molecule has 0 radical (unpaired) electrons. The highest BCUT2D eigenvalue weighted by Crippen LogP contribution is 2.06. The molecule has 0 saturated carbocycles. The van der Waals surface area contributed by atoms with Gasteiger partial charge in [0.2, 0.25) is 29.5 Å². The minimum atomic E-state index is -1.70. The number of hydrogen-bond donors (Lipinski definition) is 9. The molecule has 0 aliphatic heterocycles. The lowest BCUT2D eigenvalue weighted by Gasteiger charge is -2.25. The number of nitrogens with zero attached hydrogens (tertiary/aromatic N) is 1. The molecule has 36 heavy (non-hydrogen) atoms. The van der Waals surface area contributed by atoms with Gasteiger partial charge in [-0.25, -0.2) is 4.79 Å². The number of carboxylic acid groups (broad SMARTS) is 1. The van der Waals surface area contributed by atoms with E-state index in [1.807, 2.05) is 19.2 Å². The predicted octanol–water partition coefficient (Wildman–Crippen LogP) is -4.30. The minimum absolute atomic E-state index is 0.0348. The van der Waals surface area contributed by atoms with Gasteiger partial charge in [-0.05, 0) is 25.2 Å². The first kappa shape index (κ1) is 32.0. The second kappa shape index (κ2) is 15.9. The summed E-state index contributed by atoms with van der Waals surface area (Å²) in [6.07, 6.45) is -0.788. The second-order valence-electron chi connectivity index (χ2n) is 8.55. The Hall–Kier alpha value is -3.95. The number of carboxylic acids is 1. The summed E-state index contributed by atoms with van der Waals surface area (Å²) >= 11 is 0. The van der Waals surface area contributed by atoms with Gasteiger partial charge in [0.05, 0.1) is 18.9 Å². The molecule has 0 rings (SSSR count). The van der Waals surface area contributed by atoms with E-state index in [9.17, 15) is 33.9 Å². The number of rotatable bonds is 17. The van der Waals surface area contributed by atoms with E-state index in [1.165, 1.54) is 0 Å². The van der Waals surface area contributed by atoms with Gasteiger partial charge in [-0.3, -0.25) is 29.0 Å². The summed E-state index contributed by atoms with van der Waals surface area (Å²) in [5.74, 6) is -6.19. The molecule has 0 spiro atoms. The lowest BCUT2D eigenvalue weighted by atomic mass is 10.0. The van der Waals surface area contributed by atoms with Crippen molar-refractivity contribution in [3.63, 3.8) is 0 Å². The molecule has 0 bridgehead atoms.